The number of aromatic carboxylic acids is 1. The molecule has 1 aliphatic carbocycles. The molecule has 0 bridgehead atoms. The monoisotopic (exact) mass is 601 g/mol. The minimum Gasteiger partial charge on any atom is -0.476 e. The van der Waals surface area contributed by atoms with Gasteiger partial charge in [-0.1, -0.05) is 18.2 Å². The Hall–Kier alpha value is -3.55. The molecule has 2 aromatic heterocycles. The smallest absolute Gasteiger partial charge is 0.355 e. The number of hydrogen-bond acceptors (Lipinski definition) is 6. The molecule has 214 valence electrons. The van der Waals surface area contributed by atoms with E-state index in [-0.39, 0.29) is 36.5 Å². The summed E-state index contributed by atoms with van der Waals surface area (Å²) in [5.74, 6) is -4.15. The molecule has 2 fully saturated rings. The molecular weight excluding hydrogens is 575 g/mol. The fourth-order valence-corrected chi connectivity index (χ4v) is 6.38. The molecule has 0 amide bonds. The largest absolute Gasteiger partial charge is 0.476 e. The molecular formula is C28H26F3N5O3S2. The van der Waals surface area contributed by atoms with Crippen molar-refractivity contribution >= 4 is 34.0 Å². The van der Waals surface area contributed by atoms with Gasteiger partial charge in [-0.05, 0) is 55.0 Å². The van der Waals surface area contributed by atoms with Gasteiger partial charge in [0.05, 0.1) is 22.8 Å². The summed E-state index contributed by atoms with van der Waals surface area (Å²) >= 11 is 1.16. The van der Waals surface area contributed by atoms with Gasteiger partial charge in [-0.3, -0.25) is 0 Å². The number of thiazole rings is 1. The lowest BCUT2D eigenvalue weighted by molar-refractivity contribution is 0.0257. The zero-order chi connectivity index (χ0) is 28.9. The third kappa shape index (κ3) is 5.79. The van der Waals surface area contributed by atoms with E-state index >= 15 is 0 Å². The molecule has 1 atom stereocenters. The van der Waals surface area contributed by atoms with Crippen molar-refractivity contribution in [2.24, 2.45) is 11.1 Å². The normalized spacial score (nSPS) is 17.2. The Morgan fingerprint density at radius 1 is 1.22 bits per heavy atom. The van der Waals surface area contributed by atoms with E-state index in [4.69, 9.17) is 10.2 Å². The van der Waals surface area contributed by atoms with Crippen LogP contribution in [0.5, 0.6) is 0 Å². The van der Waals surface area contributed by atoms with Crippen molar-refractivity contribution in [1.29, 1.82) is 0 Å². The molecule has 1 aliphatic heterocycles. The van der Waals surface area contributed by atoms with Crippen molar-refractivity contribution in [3.8, 4) is 16.4 Å². The van der Waals surface area contributed by atoms with Crippen LogP contribution in [-0.4, -0.2) is 49.1 Å². The first-order valence-electron chi connectivity index (χ1n) is 13.1. The summed E-state index contributed by atoms with van der Waals surface area (Å²) in [7, 11) is -1.97. The van der Waals surface area contributed by atoms with Gasteiger partial charge in [-0.15, -0.1) is 11.3 Å². The van der Waals surface area contributed by atoms with Crippen molar-refractivity contribution in [3.63, 3.8) is 0 Å². The molecule has 13 heteroatoms. The van der Waals surface area contributed by atoms with Crippen molar-refractivity contribution in [2.75, 3.05) is 18.0 Å². The molecule has 8 nitrogen and oxygen atoms in total. The number of benzene rings is 2. The molecule has 2 aliphatic rings. The number of aromatic nitrogens is 3. The molecule has 4 aromatic rings. The molecule has 2 aromatic carbocycles. The third-order valence-corrected chi connectivity index (χ3v) is 8.99. The predicted molar refractivity (Wildman–Crippen MR) is 150 cm³/mol. The topological polar surface area (TPSA) is 114 Å². The summed E-state index contributed by atoms with van der Waals surface area (Å²) in [6, 6.07) is 11.6. The quantitative estimate of drug-likeness (QED) is 0.273. The third-order valence-electron chi connectivity index (χ3n) is 7.41. The second-order valence-electron chi connectivity index (χ2n) is 10.5. The van der Waals surface area contributed by atoms with Crippen LogP contribution in [0.15, 0.2) is 52.7 Å². The highest BCUT2D eigenvalue weighted by atomic mass is 32.2. The molecule has 41 heavy (non-hydrogen) atoms. The Morgan fingerprint density at radius 3 is 2.66 bits per heavy atom. The summed E-state index contributed by atoms with van der Waals surface area (Å²) in [5, 5.41) is 21.6. The first-order chi connectivity index (χ1) is 19.6. The van der Waals surface area contributed by atoms with Gasteiger partial charge < -0.3 is 10.0 Å². The summed E-state index contributed by atoms with van der Waals surface area (Å²) in [6.07, 6.45) is 2.81. The van der Waals surface area contributed by atoms with E-state index in [0.29, 0.717) is 40.0 Å². The van der Waals surface area contributed by atoms with Gasteiger partial charge in [0, 0.05) is 41.6 Å². The highest BCUT2D eigenvalue weighted by Gasteiger charge is 2.38. The zero-order valence-electron chi connectivity index (χ0n) is 21.7. The van der Waals surface area contributed by atoms with E-state index in [1.807, 2.05) is 12.1 Å². The van der Waals surface area contributed by atoms with E-state index in [1.54, 1.807) is 27.8 Å². The first-order valence-corrected chi connectivity index (χ1v) is 15.1. The van der Waals surface area contributed by atoms with Gasteiger partial charge in [0.2, 0.25) is 5.13 Å². The van der Waals surface area contributed by atoms with Crippen LogP contribution in [-0.2, 0) is 23.8 Å². The van der Waals surface area contributed by atoms with Crippen LogP contribution < -0.4 is 10.0 Å². The number of halogens is 3. The maximum Gasteiger partial charge on any atom is 0.355 e. The lowest BCUT2D eigenvalue weighted by atomic mass is 9.96. The van der Waals surface area contributed by atoms with E-state index < -0.39 is 28.7 Å². The number of nitrogens with two attached hydrogens (primary N) is 1. The predicted octanol–water partition coefficient (Wildman–Crippen LogP) is 5.20. The summed E-state index contributed by atoms with van der Waals surface area (Å²) < 4.78 is 56.1. The number of nitrogens with zero attached hydrogens (tertiary/aromatic N) is 4. The van der Waals surface area contributed by atoms with E-state index in [0.717, 1.165) is 35.4 Å². The van der Waals surface area contributed by atoms with Gasteiger partial charge in [-0.2, -0.15) is 5.10 Å². The van der Waals surface area contributed by atoms with Gasteiger partial charge in [0.15, 0.2) is 5.69 Å². The maximum atomic E-state index is 14.8. The maximum absolute atomic E-state index is 14.8. The Kier molecular flexibility index (Phi) is 7.20. The lowest BCUT2D eigenvalue weighted by Gasteiger charge is -2.19. The van der Waals surface area contributed by atoms with Crippen LogP contribution in [0.1, 0.15) is 46.6 Å². The van der Waals surface area contributed by atoms with Crippen LogP contribution in [0.3, 0.4) is 0 Å². The molecule has 6 rings (SSSR count). The Morgan fingerprint density at radius 2 is 2.02 bits per heavy atom. The minimum absolute atomic E-state index is 0.0922. The Labute approximate surface area is 240 Å². The fourth-order valence-electron chi connectivity index (χ4n) is 5.15. The SMILES string of the molecule is NS(=O)c1ccc(Cc2c(-c3cccc(N4CCC(F)(F)C4)c3)nn(-c3nc(C(=O)O)cs3)c2CC2CC2)cc1F. The standard InChI is InChI=1S/C28H26F3N5O3S2/c29-21-11-17(6-7-24(21)41(32)39)10-20-23(12-16-4-5-16)36(27-33-22(14-40-27)26(37)38)34-25(20)18-2-1-3-19(13-18)35-9-8-28(30,31)15-35/h1-3,6-7,11,13-14,16H,4-5,8-10,12,15,32H2,(H,37,38). The van der Waals surface area contributed by atoms with Crippen molar-refractivity contribution in [1.82, 2.24) is 14.8 Å². The summed E-state index contributed by atoms with van der Waals surface area (Å²) in [4.78, 5) is 17.4. The first kappa shape index (κ1) is 27.6. The van der Waals surface area contributed by atoms with Crippen LogP contribution in [0, 0.1) is 11.7 Å². The average Bonchev–Trinajstić information content (AvgIpc) is 3.30. The summed E-state index contributed by atoms with van der Waals surface area (Å²) in [6.45, 7) is -0.133. The molecule has 1 saturated heterocycles. The number of alkyl halides is 2. The fraction of sp³-hybridized carbons (Fsp3) is 0.321. The molecule has 3 N–H and O–H groups in total. The van der Waals surface area contributed by atoms with Crippen molar-refractivity contribution in [3.05, 3.63) is 76.2 Å². The second-order valence-corrected chi connectivity index (χ2v) is 12.3. The number of carboxylic acid groups (broad SMARTS) is 1. The van der Waals surface area contributed by atoms with E-state index in [2.05, 4.69) is 4.98 Å². The minimum atomic E-state index is -2.75. The number of carbonyl (C=O) groups is 1. The summed E-state index contributed by atoms with van der Waals surface area (Å²) in [5.41, 5.74) is 4.06. The number of hydrogen-bond donors (Lipinski definition) is 2. The zero-order valence-corrected chi connectivity index (χ0v) is 23.4. The van der Waals surface area contributed by atoms with Crippen molar-refractivity contribution < 1.29 is 27.3 Å². The Balaban J connectivity index is 1.49. The second kappa shape index (κ2) is 10.7. The van der Waals surface area contributed by atoms with Crippen LogP contribution in [0.25, 0.3) is 16.4 Å². The van der Waals surface area contributed by atoms with Gasteiger partial charge in [0.25, 0.3) is 5.92 Å². The highest BCUT2D eigenvalue weighted by Crippen LogP contribution is 2.39. The van der Waals surface area contributed by atoms with E-state index in [1.165, 1.54) is 17.5 Å². The lowest BCUT2D eigenvalue weighted by Crippen LogP contribution is -2.24. The molecule has 3 heterocycles. The highest BCUT2D eigenvalue weighted by molar-refractivity contribution is 7.82. The van der Waals surface area contributed by atoms with Crippen LogP contribution >= 0.6 is 11.3 Å². The van der Waals surface area contributed by atoms with Gasteiger partial charge in [0.1, 0.15) is 16.8 Å². The molecule has 0 spiro atoms. The Bertz CT molecular complexity index is 1670. The van der Waals surface area contributed by atoms with Crippen LogP contribution in [0.4, 0.5) is 18.9 Å². The van der Waals surface area contributed by atoms with Gasteiger partial charge in [-0.25, -0.2) is 37.0 Å². The number of anilines is 1. The molecule has 1 saturated carbocycles. The van der Waals surface area contributed by atoms with E-state index in [9.17, 15) is 27.3 Å². The van der Waals surface area contributed by atoms with Crippen molar-refractivity contribution in [2.45, 2.75) is 42.9 Å². The molecule has 0 radical (unpaired) electrons. The molecule has 1 unspecified atom stereocenters. The average molecular weight is 602 g/mol. The number of rotatable bonds is 9. The van der Waals surface area contributed by atoms with Crippen LogP contribution in [0.2, 0.25) is 0 Å². The number of carboxylic acids is 1. The van der Waals surface area contributed by atoms with Gasteiger partial charge >= 0.3 is 5.97 Å².